The number of amides is 2. The molecule has 1 saturated carbocycles. The minimum Gasteiger partial charge on any atom is -0.353 e. The van der Waals surface area contributed by atoms with Gasteiger partial charge in [-0.3, -0.25) is 9.59 Å². The number of piperazine rings is 1. The van der Waals surface area contributed by atoms with E-state index >= 15 is 0 Å². The van der Waals surface area contributed by atoms with Crippen molar-refractivity contribution in [2.45, 2.75) is 32.7 Å². The van der Waals surface area contributed by atoms with E-state index < -0.39 is 0 Å². The van der Waals surface area contributed by atoms with E-state index in [1.54, 1.807) is 6.08 Å². The van der Waals surface area contributed by atoms with Gasteiger partial charge < -0.3 is 14.8 Å². The van der Waals surface area contributed by atoms with Crippen molar-refractivity contribution in [1.82, 2.24) is 14.8 Å². The molecule has 2 fully saturated rings. The predicted octanol–water partition coefficient (Wildman–Crippen LogP) is 1.31. The zero-order valence-corrected chi connectivity index (χ0v) is 13.4. The Labute approximate surface area is 135 Å². The second-order valence-corrected chi connectivity index (χ2v) is 6.17. The van der Waals surface area contributed by atoms with Crippen LogP contribution in [0.4, 0.5) is 0 Å². The van der Waals surface area contributed by atoms with E-state index in [1.807, 2.05) is 26.0 Å². The Morgan fingerprint density at radius 2 is 2.17 bits per heavy atom. The summed E-state index contributed by atoms with van der Waals surface area (Å²) in [5.74, 6) is -0.563. The number of carbonyl (C=O) groups is 2. The third-order valence-corrected chi connectivity index (χ3v) is 4.41. The summed E-state index contributed by atoms with van der Waals surface area (Å²) in [6.45, 7) is 4.94. The highest BCUT2D eigenvalue weighted by molar-refractivity contribution is 6.03. The van der Waals surface area contributed by atoms with Crippen LogP contribution < -0.4 is 5.32 Å². The zero-order valence-electron chi connectivity index (χ0n) is 13.4. The van der Waals surface area contributed by atoms with Gasteiger partial charge in [0.25, 0.3) is 5.91 Å². The van der Waals surface area contributed by atoms with Crippen LogP contribution in [0.2, 0.25) is 0 Å². The molecule has 1 aromatic rings. The summed E-state index contributed by atoms with van der Waals surface area (Å²) < 4.78 is 2.28. The minimum absolute atomic E-state index is 0.0128. The van der Waals surface area contributed by atoms with Crippen LogP contribution in [0, 0.1) is 25.2 Å². The Morgan fingerprint density at radius 1 is 1.43 bits per heavy atom. The fourth-order valence-electron chi connectivity index (χ4n) is 3.12. The molecule has 2 aliphatic rings. The number of rotatable bonds is 3. The Kier molecular flexibility index (Phi) is 3.95. The molecule has 23 heavy (non-hydrogen) atoms. The van der Waals surface area contributed by atoms with E-state index in [1.165, 1.54) is 17.7 Å². The molecule has 2 heterocycles. The normalized spacial score (nSPS) is 18.6. The number of nitrogens with one attached hydrogen (secondary N) is 1. The Hall–Kier alpha value is -2.55. The number of nitrogens with zero attached hydrogens (tertiary/aromatic N) is 3. The Morgan fingerprint density at radius 3 is 2.78 bits per heavy atom. The number of carbonyl (C=O) groups excluding carboxylic acids is 2. The quantitative estimate of drug-likeness (QED) is 0.675. The van der Waals surface area contributed by atoms with Gasteiger partial charge in [-0.1, -0.05) is 0 Å². The molecule has 2 amide bonds. The van der Waals surface area contributed by atoms with Gasteiger partial charge in [0.15, 0.2) is 0 Å². The van der Waals surface area contributed by atoms with E-state index in [-0.39, 0.29) is 23.9 Å². The van der Waals surface area contributed by atoms with Crippen molar-refractivity contribution in [1.29, 1.82) is 5.26 Å². The summed E-state index contributed by atoms with van der Waals surface area (Å²) in [6, 6.07) is 4.57. The van der Waals surface area contributed by atoms with E-state index in [0.717, 1.165) is 17.0 Å². The van der Waals surface area contributed by atoms with E-state index in [2.05, 4.69) is 9.88 Å². The summed E-state index contributed by atoms with van der Waals surface area (Å²) in [6.07, 6.45) is 4.02. The Bertz CT molecular complexity index is 735. The molecule has 1 aromatic heterocycles. The average molecular weight is 312 g/mol. The molecule has 0 atom stereocenters. The number of hydrogen-bond acceptors (Lipinski definition) is 3. The SMILES string of the molecule is Cc1cc(C=C(C#N)C(=O)N2CCNC(=O)C2)c(C)n1C1CC1. The topological polar surface area (TPSA) is 78.1 Å². The zero-order chi connectivity index (χ0) is 16.6. The average Bonchev–Trinajstić information content (AvgIpc) is 3.31. The minimum atomic E-state index is -0.376. The molecule has 1 saturated heterocycles. The first kappa shape index (κ1) is 15.3. The molecule has 6 nitrogen and oxygen atoms in total. The lowest BCUT2D eigenvalue weighted by atomic mass is 10.1. The first-order chi connectivity index (χ1) is 11.0. The number of aromatic nitrogens is 1. The summed E-state index contributed by atoms with van der Waals surface area (Å²) >= 11 is 0. The van der Waals surface area contributed by atoms with Crippen LogP contribution in [-0.2, 0) is 9.59 Å². The summed E-state index contributed by atoms with van der Waals surface area (Å²) in [4.78, 5) is 25.3. The van der Waals surface area contributed by atoms with Crippen LogP contribution >= 0.6 is 0 Å². The maximum absolute atomic E-state index is 12.5. The van der Waals surface area contributed by atoms with Gasteiger partial charge in [-0.25, -0.2) is 0 Å². The number of aryl methyl sites for hydroxylation is 1. The Balaban J connectivity index is 1.87. The van der Waals surface area contributed by atoms with Crippen molar-refractivity contribution in [3.8, 4) is 6.07 Å². The van der Waals surface area contributed by atoms with Crippen LogP contribution in [0.25, 0.3) is 6.08 Å². The summed E-state index contributed by atoms with van der Waals surface area (Å²) in [5.41, 5.74) is 3.22. The molecule has 0 spiro atoms. The molecule has 1 aliphatic heterocycles. The van der Waals surface area contributed by atoms with Crippen molar-refractivity contribution in [2.24, 2.45) is 0 Å². The molecule has 0 unspecified atom stereocenters. The molecule has 3 rings (SSSR count). The van der Waals surface area contributed by atoms with Gasteiger partial charge in [0.1, 0.15) is 11.6 Å². The second kappa shape index (κ2) is 5.92. The number of hydrogen-bond donors (Lipinski definition) is 1. The first-order valence-corrected chi connectivity index (χ1v) is 7.87. The summed E-state index contributed by atoms with van der Waals surface area (Å²) in [5, 5.41) is 12.0. The third kappa shape index (κ3) is 3.00. The number of nitriles is 1. The fourth-order valence-corrected chi connectivity index (χ4v) is 3.12. The second-order valence-electron chi connectivity index (χ2n) is 6.17. The largest absolute Gasteiger partial charge is 0.353 e. The molecule has 0 bridgehead atoms. The van der Waals surface area contributed by atoms with E-state index in [9.17, 15) is 14.9 Å². The maximum atomic E-state index is 12.5. The molecular formula is C17H20N4O2. The van der Waals surface area contributed by atoms with Gasteiger partial charge in [-0.05, 0) is 44.4 Å². The lowest BCUT2D eigenvalue weighted by molar-refractivity contribution is -0.135. The van der Waals surface area contributed by atoms with Gasteiger partial charge in [-0.2, -0.15) is 5.26 Å². The van der Waals surface area contributed by atoms with Crippen LogP contribution in [0.1, 0.15) is 35.8 Å². The van der Waals surface area contributed by atoms with Crippen molar-refractivity contribution >= 4 is 17.9 Å². The predicted molar refractivity (Wildman–Crippen MR) is 85.4 cm³/mol. The van der Waals surface area contributed by atoms with Crippen molar-refractivity contribution in [3.05, 3.63) is 28.6 Å². The van der Waals surface area contributed by atoms with Crippen LogP contribution in [0.3, 0.4) is 0 Å². The first-order valence-electron chi connectivity index (χ1n) is 7.87. The van der Waals surface area contributed by atoms with Crippen molar-refractivity contribution < 1.29 is 9.59 Å². The molecule has 1 N–H and O–H groups in total. The van der Waals surface area contributed by atoms with Crippen LogP contribution in [0.15, 0.2) is 11.6 Å². The third-order valence-electron chi connectivity index (χ3n) is 4.41. The molecule has 1 aliphatic carbocycles. The molecular weight excluding hydrogens is 292 g/mol. The van der Waals surface area contributed by atoms with Gasteiger partial charge in [-0.15, -0.1) is 0 Å². The van der Waals surface area contributed by atoms with Gasteiger partial charge in [0.05, 0.1) is 6.54 Å². The van der Waals surface area contributed by atoms with Crippen LogP contribution in [0.5, 0.6) is 0 Å². The van der Waals surface area contributed by atoms with Gasteiger partial charge in [0.2, 0.25) is 5.91 Å². The molecule has 6 heteroatoms. The molecule has 0 radical (unpaired) electrons. The van der Waals surface area contributed by atoms with Crippen molar-refractivity contribution in [3.63, 3.8) is 0 Å². The van der Waals surface area contributed by atoms with Gasteiger partial charge >= 0.3 is 0 Å². The van der Waals surface area contributed by atoms with E-state index in [0.29, 0.717) is 19.1 Å². The summed E-state index contributed by atoms with van der Waals surface area (Å²) in [7, 11) is 0. The highest BCUT2D eigenvalue weighted by atomic mass is 16.2. The monoisotopic (exact) mass is 312 g/mol. The van der Waals surface area contributed by atoms with E-state index in [4.69, 9.17) is 0 Å². The van der Waals surface area contributed by atoms with Crippen LogP contribution in [-0.4, -0.2) is 40.9 Å². The lowest BCUT2D eigenvalue weighted by Crippen LogP contribution is -2.50. The fraction of sp³-hybridized carbons (Fsp3) is 0.471. The highest BCUT2D eigenvalue weighted by Crippen LogP contribution is 2.38. The molecule has 0 aromatic carbocycles. The smallest absolute Gasteiger partial charge is 0.265 e. The maximum Gasteiger partial charge on any atom is 0.265 e. The molecule has 120 valence electrons. The highest BCUT2D eigenvalue weighted by Gasteiger charge is 2.28. The standard InChI is InChI=1S/C17H20N4O2/c1-11-7-13(12(2)21(11)15-3-4-15)8-14(9-18)17(23)20-6-5-19-16(22)10-20/h7-8,15H,3-6,10H2,1-2H3,(H,19,22). The van der Waals surface area contributed by atoms with Crippen molar-refractivity contribution in [2.75, 3.05) is 19.6 Å². The lowest BCUT2D eigenvalue weighted by Gasteiger charge is -2.26. The van der Waals surface area contributed by atoms with Gasteiger partial charge in [0, 0.05) is 30.5 Å².